The Kier molecular flexibility index (Phi) is 6.23. The van der Waals surface area contributed by atoms with Gasteiger partial charge < -0.3 is 22.1 Å². The number of pyridine rings is 2. The highest BCUT2D eigenvalue weighted by Gasteiger charge is 2.33. The Hall–Kier alpha value is -3.89. The van der Waals surface area contributed by atoms with Gasteiger partial charge in [-0.3, -0.25) is 9.59 Å². The van der Waals surface area contributed by atoms with Gasteiger partial charge in [0.25, 0.3) is 5.91 Å². The number of alkyl halides is 3. The number of rotatable bonds is 7. The SMILES string of the molecule is N/C=C(NC(=O)c1ccnc(Nc2ccc(C(F)(F)F)cn2)c1)\C(=C/N)C(=O)C1CC1. The van der Waals surface area contributed by atoms with Gasteiger partial charge in [-0.1, -0.05) is 0 Å². The minimum atomic E-state index is -4.49. The van der Waals surface area contributed by atoms with Gasteiger partial charge in [0.05, 0.1) is 16.8 Å². The molecule has 1 aliphatic carbocycles. The molecule has 0 spiro atoms. The standard InChI is InChI=1S/C20H19F3N6O2/c21-20(22,23)13-3-4-16(27-10-13)29-17-7-12(5-6-26-17)19(31)28-15(9-25)14(8-24)18(30)11-1-2-11/h3-11H,1-2,24-25H2,(H,28,31)(H,26,27,29)/b14-8+,15-9+. The van der Waals surface area contributed by atoms with E-state index in [9.17, 15) is 22.8 Å². The molecule has 6 N–H and O–H groups in total. The summed E-state index contributed by atoms with van der Waals surface area (Å²) in [6.45, 7) is 0. The van der Waals surface area contributed by atoms with E-state index in [0.29, 0.717) is 6.20 Å². The van der Waals surface area contributed by atoms with Crippen LogP contribution in [0.3, 0.4) is 0 Å². The lowest BCUT2D eigenvalue weighted by molar-refractivity contribution is -0.137. The molecule has 0 atom stereocenters. The summed E-state index contributed by atoms with van der Waals surface area (Å²) in [7, 11) is 0. The van der Waals surface area contributed by atoms with Gasteiger partial charge in [-0.15, -0.1) is 0 Å². The molecule has 1 fully saturated rings. The Morgan fingerprint density at radius 3 is 2.35 bits per heavy atom. The molecule has 162 valence electrons. The van der Waals surface area contributed by atoms with Crippen molar-refractivity contribution >= 4 is 23.3 Å². The zero-order valence-corrected chi connectivity index (χ0v) is 16.1. The number of ketones is 1. The predicted molar refractivity (Wildman–Crippen MR) is 106 cm³/mol. The van der Waals surface area contributed by atoms with Crippen LogP contribution in [0.4, 0.5) is 24.8 Å². The highest BCUT2D eigenvalue weighted by molar-refractivity contribution is 6.04. The zero-order chi connectivity index (χ0) is 22.6. The number of aromatic nitrogens is 2. The molecule has 2 aromatic heterocycles. The molecule has 8 nitrogen and oxygen atoms in total. The first-order valence-corrected chi connectivity index (χ1v) is 9.19. The number of nitrogens with one attached hydrogen (secondary N) is 2. The Morgan fingerprint density at radius 2 is 1.81 bits per heavy atom. The van der Waals surface area contributed by atoms with Crippen molar-refractivity contribution in [2.24, 2.45) is 17.4 Å². The molecule has 1 saturated carbocycles. The smallest absolute Gasteiger partial charge is 0.404 e. The molecule has 0 saturated heterocycles. The lowest BCUT2D eigenvalue weighted by Crippen LogP contribution is -2.28. The van der Waals surface area contributed by atoms with Crippen molar-refractivity contribution in [3.05, 3.63) is 71.5 Å². The van der Waals surface area contributed by atoms with Gasteiger partial charge in [-0.25, -0.2) is 9.97 Å². The molecule has 0 radical (unpaired) electrons. The minimum Gasteiger partial charge on any atom is -0.404 e. The highest BCUT2D eigenvalue weighted by Crippen LogP contribution is 2.33. The van der Waals surface area contributed by atoms with E-state index in [4.69, 9.17) is 11.5 Å². The van der Waals surface area contributed by atoms with Crippen LogP contribution in [0.25, 0.3) is 0 Å². The molecule has 0 unspecified atom stereocenters. The quantitative estimate of drug-likeness (QED) is 0.390. The van der Waals surface area contributed by atoms with Crippen molar-refractivity contribution in [1.29, 1.82) is 0 Å². The van der Waals surface area contributed by atoms with Gasteiger partial charge in [0.15, 0.2) is 5.78 Å². The van der Waals surface area contributed by atoms with Crippen LogP contribution in [0.1, 0.15) is 28.8 Å². The number of hydrogen-bond acceptors (Lipinski definition) is 7. The summed E-state index contributed by atoms with van der Waals surface area (Å²) in [6.07, 6.45) is 1.25. The monoisotopic (exact) mass is 432 g/mol. The van der Waals surface area contributed by atoms with Crippen LogP contribution in [-0.4, -0.2) is 21.7 Å². The number of anilines is 2. The molecular weight excluding hydrogens is 413 g/mol. The average Bonchev–Trinajstić information content (AvgIpc) is 3.58. The third-order valence-corrected chi connectivity index (χ3v) is 4.45. The Labute approximate surface area is 175 Å². The number of halogens is 3. The van der Waals surface area contributed by atoms with E-state index >= 15 is 0 Å². The van der Waals surface area contributed by atoms with Crippen LogP contribution in [0.15, 0.2) is 60.3 Å². The topological polar surface area (TPSA) is 136 Å². The number of amides is 1. The molecule has 0 aliphatic heterocycles. The van der Waals surface area contributed by atoms with E-state index < -0.39 is 17.6 Å². The van der Waals surface area contributed by atoms with Crippen molar-refractivity contribution in [2.75, 3.05) is 5.32 Å². The van der Waals surface area contributed by atoms with Crippen LogP contribution in [0.5, 0.6) is 0 Å². The first kappa shape index (κ1) is 21.8. The maximum absolute atomic E-state index is 12.6. The first-order valence-electron chi connectivity index (χ1n) is 9.19. The van der Waals surface area contributed by atoms with E-state index in [1.165, 1.54) is 18.3 Å². The van der Waals surface area contributed by atoms with Crippen molar-refractivity contribution in [1.82, 2.24) is 15.3 Å². The van der Waals surface area contributed by atoms with Crippen LogP contribution in [-0.2, 0) is 11.0 Å². The fourth-order valence-corrected chi connectivity index (χ4v) is 2.67. The normalized spacial score (nSPS) is 14.8. The second-order valence-electron chi connectivity index (χ2n) is 6.74. The van der Waals surface area contributed by atoms with Gasteiger partial charge in [0, 0.05) is 36.3 Å². The van der Waals surface area contributed by atoms with Gasteiger partial charge >= 0.3 is 6.18 Å². The fraction of sp³-hybridized carbons (Fsp3) is 0.200. The minimum absolute atomic E-state index is 0.0835. The summed E-state index contributed by atoms with van der Waals surface area (Å²) in [4.78, 5) is 32.6. The summed E-state index contributed by atoms with van der Waals surface area (Å²) in [5, 5.41) is 5.27. The molecule has 1 amide bonds. The molecular formula is C20H19F3N6O2. The average molecular weight is 432 g/mol. The fourth-order valence-electron chi connectivity index (χ4n) is 2.67. The number of allylic oxidation sites excluding steroid dienone is 1. The number of nitrogens with two attached hydrogens (primary N) is 2. The number of carbonyl (C=O) groups excluding carboxylic acids is 2. The number of nitrogens with zero attached hydrogens (tertiary/aromatic N) is 2. The first-order chi connectivity index (χ1) is 14.7. The highest BCUT2D eigenvalue weighted by atomic mass is 19.4. The van der Waals surface area contributed by atoms with Crippen molar-refractivity contribution < 1.29 is 22.8 Å². The molecule has 2 aromatic rings. The Balaban J connectivity index is 1.71. The van der Waals surface area contributed by atoms with E-state index in [1.807, 2.05) is 0 Å². The number of Topliss-reactive ketones (excluding diaryl/α,β-unsaturated/α-hetero) is 1. The van der Waals surface area contributed by atoms with Gasteiger partial charge in [0.1, 0.15) is 11.6 Å². The van der Waals surface area contributed by atoms with Gasteiger partial charge in [-0.05, 0) is 37.1 Å². The molecule has 11 heteroatoms. The van der Waals surface area contributed by atoms with Crippen molar-refractivity contribution in [3.8, 4) is 0 Å². The summed E-state index contributed by atoms with van der Waals surface area (Å²) in [6, 6.07) is 4.82. The summed E-state index contributed by atoms with van der Waals surface area (Å²) in [5.41, 5.74) is 10.6. The lowest BCUT2D eigenvalue weighted by atomic mass is 10.1. The van der Waals surface area contributed by atoms with E-state index in [-0.39, 0.29) is 40.2 Å². The van der Waals surface area contributed by atoms with Crippen LogP contribution in [0.2, 0.25) is 0 Å². The number of carbonyl (C=O) groups is 2. The maximum atomic E-state index is 12.6. The second-order valence-corrected chi connectivity index (χ2v) is 6.74. The molecule has 31 heavy (non-hydrogen) atoms. The van der Waals surface area contributed by atoms with E-state index in [2.05, 4.69) is 20.6 Å². The molecule has 2 heterocycles. The summed E-state index contributed by atoms with van der Waals surface area (Å²) < 4.78 is 37.9. The zero-order valence-electron chi connectivity index (χ0n) is 16.1. The Morgan fingerprint density at radius 1 is 1.06 bits per heavy atom. The molecule has 1 aliphatic rings. The largest absolute Gasteiger partial charge is 0.417 e. The molecule has 0 bridgehead atoms. The third-order valence-electron chi connectivity index (χ3n) is 4.45. The van der Waals surface area contributed by atoms with Gasteiger partial charge in [-0.2, -0.15) is 13.2 Å². The van der Waals surface area contributed by atoms with Crippen LogP contribution in [0, 0.1) is 5.92 Å². The van der Waals surface area contributed by atoms with Gasteiger partial charge in [0.2, 0.25) is 0 Å². The van der Waals surface area contributed by atoms with Crippen LogP contribution < -0.4 is 22.1 Å². The third kappa shape index (κ3) is 5.38. The van der Waals surface area contributed by atoms with E-state index in [1.54, 1.807) is 0 Å². The molecule has 3 rings (SSSR count). The number of hydrogen-bond donors (Lipinski definition) is 4. The lowest BCUT2D eigenvalue weighted by Gasteiger charge is -2.12. The summed E-state index contributed by atoms with van der Waals surface area (Å²) in [5.74, 6) is -0.587. The van der Waals surface area contributed by atoms with E-state index in [0.717, 1.165) is 37.4 Å². The van der Waals surface area contributed by atoms with Crippen molar-refractivity contribution in [2.45, 2.75) is 19.0 Å². The maximum Gasteiger partial charge on any atom is 0.417 e. The Bertz CT molecular complexity index is 1040. The predicted octanol–water partition coefficient (Wildman–Crippen LogP) is 2.59. The second kappa shape index (κ2) is 8.86. The molecule has 0 aromatic carbocycles. The summed E-state index contributed by atoms with van der Waals surface area (Å²) >= 11 is 0. The van der Waals surface area contributed by atoms with Crippen molar-refractivity contribution in [3.63, 3.8) is 0 Å². The van der Waals surface area contributed by atoms with Crippen LogP contribution >= 0.6 is 0 Å².